The summed E-state index contributed by atoms with van der Waals surface area (Å²) < 4.78 is 25.9. The van der Waals surface area contributed by atoms with Crippen LogP contribution in [-0.4, -0.2) is 35.7 Å². The van der Waals surface area contributed by atoms with Gasteiger partial charge in [-0.2, -0.15) is 0 Å². The molecule has 1 aliphatic heterocycles. The van der Waals surface area contributed by atoms with Gasteiger partial charge in [0.05, 0.1) is 5.75 Å². The van der Waals surface area contributed by atoms with Gasteiger partial charge in [-0.1, -0.05) is 0 Å². The third-order valence-electron chi connectivity index (χ3n) is 3.47. The summed E-state index contributed by atoms with van der Waals surface area (Å²) in [5.41, 5.74) is 5.68. The molecule has 0 radical (unpaired) electrons. The molecule has 0 bridgehead atoms. The van der Waals surface area contributed by atoms with Crippen molar-refractivity contribution in [3.63, 3.8) is 0 Å². The molecule has 1 unspecified atom stereocenters. The molecular formula is C14H18F2N2OS. The molecule has 1 fully saturated rings. The minimum atomic E-state index is -0.889. The van der Waals surface area contributed by atoms with Crippen LogP contribution in [0, 0.1) is 11.6 Å². The van der Waals surface area contributed by atoms with Crippen molar-refractivity contribution in [2.45, 2.75) is 30.2 Å². The number of hydrogen-bond acceptors (Lipinski definition) is 3. The predicted molar refractivity (Wildman–Crippen MR) is 75.5 cm³/mol. The van der Waals surface area contributed by atoms with E-state index in [2.05, 4.69) is 0 Å². The van der Waals surface area contributed by atoms with Gasteiger partial charge >= 0.3 is 0 Å². The van der Waals surface area contributed by atoms with Crippen LogP contribution in [0.3, 0.4) is 0 Å². The van der Waals surface area contributed by atoms with Crippen molar-refractivity contribution in [1.82, 2.24) is 4.90 Å². The molecule has 3 nitrogen and oxygen atoms in total. The second-order valence-electron chi connectivity index (χ2n) is 4.84. The zero-order valence-corrected chi connectivity index (χ0v) is 12.0. The first kappa shape index (κ1) is 15.3. The number of benzene rings is 1. The number of likely N-dealkylation sites (tertiary alicyclic amines) is 1. The van der Waals surface area contributed by atoms with E-state index in [-0.39, 0.29) is 17.7 Å². The van der Waals surface area contributed by atoms with E-state index in [1.165, 1.54) is 17.8 Å². The van der Waals surface area contributed by atoms with Crippen LogP contribution < -0.4 is 5.73 Å². The number of nitrogens with zero attached hydrogens (tertiary/aromatic N) is 1. The largest absolute Gasteiger partial charge is 0.338 e. The van der Waals surface area contributed by atoms with Crippen molar-refractivity contribution in [1.29, 1.82) is 0 Å². The molecular weight excluding hydrogens is 282 g/mol. The summed E-state index contributed by atoms with van der Waals surface area (Å²) in [6.45, 7) is 1.21. The van der Waals surface area contributed by atoms with Gasteiger partial charge in [0.1, 0.15) is 0 Å². The lowest BCUT2D eigenvalue weighted by atomic mass is 10.0. The van der Waals surface area contributed by atoms with Crippen LogP contribution in [0.1, 0.15) is 19.3 Å². The molecule has 2 N–H and O–H groups in total. The van der Waals surface area contributed by atoms with Gasteiger partial charge in [0.25, 0.3) is 0 Å². The van der Waals surface area contributed by atoms with Crippen LogP contribution in [0.15, 0.2) is 23.1 Å². The summed E-state index contributed by atoms with van der Waals surface area (Å²) in [6.07, 6.45) is 3.04. The molecule has 1 amide bonds. The maximum Gasteiger partial charge on any atom is 0.233 e. The van der Waals surface area contributed by atoms with E-state index in [1.807, 2.05) is 4.90 Å². The number of nitrogens with two attached hydrogens (primary N) is 1. The predicted octanol–water partition coefficient (Wildman–Crippen LogP) is 2.40. The van der Waals surface area contributed by atoms with Crippen molar-refractivity contribution in [3.05, 3.63) is 29.8 Å². The summed E-state index contributed by atoms with van der Waals surface area (Å²) in [6, 6.07) is 3.78. The lowest BCUT2D eigenvalue weighted by molar-refractivity contribution is -0.131. The van der Waals surface area contributed by atoms with E-state index in [0.29, 0.717) is 11.4 Å². The molecule has 1 atom stereocenters. The molecule has 110 valence electrons. The third-order valence-corrected chi connectivity index (χ3v) is 4.45. The van der Waals surface area contributed by atoms with Gasteiger partial charge in [-0.15, -0.1) is 11.8 Å². The van der Waals surface area contributed by atoms with E-state index >= 15 is 0 Å². The molecule has 0 aromatic heterocycles. The van der Waals surface area contributed by atoms with Gasteiger partial charge in [0.2, 0.25) is 5.91 Å². The second-order valence-corrected chi connectivity index (χ2v) is 5.89. The van der Waals surface area contributed by atoms with Gasteiger partial charge in [0, 0.05) is 24.0 Å². The van der Waals surface area contributed by atoms with Crippen LogP contribution in [0.2, 0.25) is 0 Å². The maximum absolute atomic E-state index is 13.1. The molecule has 2 rings (SSSR count). The average Bonchev–Trinajstić information content (AvgIpc) is 2.48. The first-order chi connectivity index (χ1) is 9.61. The number of piperidine rings is 1. The molecule has 20 heavy (non-hydrogen) atoms. The standard InChI is InChI=1S/C14H18F2N2OS/c15-12-5-4-11(7-13(12)16)20-9-14(19)18-6-2-1-3-10(18)8-17/h4-5,7,10H,1-3,6,8-9,17H2. The second kappa shape index (κ2) is 7.04. The lowest BCUT2D eigenvalue weighted by Crippen LogP contribution is -2.48. The van der Waals surface area contributed by atoms with Crippen molar-refractivity contribution in [3.8, 4) is 0 Å². The van der Waals surface area contributed by atoms with Gasteiger partial charge in [0.15, 0.2) is 11.6 Å². The van der Waals surface area contributed by atoms with Gasteiger partial charge < -0.3 is 10.6 Å². The Morgan fingerprint density at radius 3 is 2.85 bits per heavy atom. The summed E-state index contributed by atoms with van der Waals surface area (Å²) >= 11 is 1.22. The number of thioether (sulfide) groups is 1. The summed E-state index contributed by atoms with van der Waals surface area (Å²) in [5.74, 6) is -1.53. The first-order valence-electron chi connectivity index (χ1n) is 6.69. The number of rotatable bonds is 4. The minimum Gasteiger partial charge on any atom is -0.338 e. The van der Waals surface area contributed by atoms with Crippen LogP contribution in [0.5, 0.6) is 0 Å². The SMILES string of the molecule is NCC1CCCCN1C(=O)CSc1ccc(F)c(F)c1. The molecule has 0 spiro atoms. The molecule has 0 saturated carbocycles. The molecule has 1 aromatic rings. The van der Waals surface area contributed by atoms with Crippen LogP contribution in [0.4, 0.5) is 8.78 Å². The fraction of sp³-hybridized carbons (Fsp3) is 0.500. The summed E-state index contributed by atoms with van der Waals surface area (Å²) in [4.78, 5) is 14.5. The molecule has 1 heterocycles. The quantitative estimate of drug-likeness (QED) is 0.869. The Balaban J connectivity index is 1.92. The molecule has 1 aliphatic rings. The minimum absolute atomic E-state index is 0.00915. The lowest BCUT2D eigenvalue weighted by Gasteiger charge is -2.35. The van der Waals surface area contributed by atoms with Crippen LogP contribution in [-0.2, 0) is 4.79 Å². The van der Waals surface area contributed by atoms with Crippen LogP contribution >= 0.6 is 11.8 Å². The Kier molecular flexibility index (Phi) is 5.37. The molecule has 0 aliphatic carbocycles. The van der Waals surface area contributed by atoms with E-state index in [1.54, 1.807) is 0 Å². The Hall–Kier alpha value is -1.14. The third kappa shape index (κ3) is 3.70. The summed E-state index contributed by atoms with van der Waals surface area (Å²) in [7, 11) is 0. The van der Waals surface area contributed by atoms with Gasteiger partial charge in [-0.3, -0.25) is 4.79 Å². The Bertz CT molecular complexity index is 484. The highest BCUT2D eigenvalue weighted by Gasteiger charge is 2.25. The summed E-state index contributed by atoms with van der Waals surface area (Å²) in [5, 5.41) is 0. The monoisotopic (exact) mass is 300 g/mol. The molecule has 1 aromatic carbocycles. The van der Waals surface area contributed by atoms with Crippen molar-refractivity contribution in [2.75, 3.05) is 18.8 Å². The van der Waals surface area contributed by atoms with Crippen LogP contribution in [0.25, 0.3) is 0 Å². The normalized spacial score (nSPS) is 19.1. The zero-order chi connectivity index (χ0) is 14.5. The molecule has 6 heteroatoms. The van der Waals surface area contributed by atoms with E-state index in [0.717, 1.165) is 37.9 Å². The van der Waals surface area contributed by atoms with Crippen molar-refractivity contribution < 1.29 is 13.6 Å². The number of amides is 1. The van der Waals surface area contributed by atoms with Crippen molar-refractivity contribution >= 4 is 17.7 Å². The maximum atomic E-state index is 13.1. The Morgan fingerprint density at radius 1 is 1.35 bits per heavy atom. The topological polar surface area (TPSA) is 46.3 Å². The number of carbonyl (C=O) groups excluding carboxylic acids is 1. The van der Waals surface area contributed by atoms with E-state index < -0.39 is 11.6 Å². The first-order valence-corrected chi connectivity index (χ1v) is 7.67. The van der Waals surface area contributed by atoms with Gasteiger partial charge in [-0.05, 0) is 37.5 Å². The highest BCUT2D eigenvalue weighted by molar-refractivity contribution is 8.00. The Morgan fingerprint density at radius 2 is 2.15 bits per heavy atom. The highest BCUT2D eigenvalue weighted by atomic mass is 32.2. The highest BCUT2D eigenvalue weighted by Crippen LogP contribution is 2.23. The fourth-order valence-electron chi connectivity index (χ4n) is 2.37. The van der Waals surface area contributed by atoms with Crippen molar-refractivity contribution in [2.24, 2.45) is 5.73 Å². The zero-order valence-electron chi connectivity index (χ0n) is 11.1. The number of halogens is 2. The van der Waals surface area contributed by atoms with E-state index in [4.69, 9.17) is 5.73 Å². The fourth-order valence-corrected chi connectivity index (χ4v) is 3.18. The average molecular weight is 300 g/mol. The van der Waals surface area contributed by atoms with E-state index in [9.17, 15) is 13.6 Å². The smallest absolute Gasteiger partial charge is 0.233 e. The number of carbonyl (C=O) groups is 1. The Labute approximate surface area is 121 Å². The number of hydrogen-bond donors (Lipinski definition) is 1. The van der Waals surface area contributed by atoms with Gasteiger partial charge in [-0.25, -0.2) is 8.78 Å². The molecule has 1 saturated heterocycles.